The van der Waals surface area contributed by atoms with Crippen molar-refractivity contribution in [2.45, 2.75) is 12.5 Å². The van der Waals surface area contributed by atoms with Crippen LogP contribution in [0.15, 0.2) is 48.5 Å². The molecule has 2 rings (SSSR count). The van der Waals surface area contributed by atoms with Gasteiger partial charge in [0.2, 0.25) is 0 Å². The SMILES string of the molecule is OC(COc1cccc(Cl)c1)Cc1ccc(Cl)cc1. The van der Waals surface area contributed by atoms with Crippen molar-refractivity contribution in [3.8, 4) is 5.75 Å². The van der Waals surface area contributed by atoms with Crippen molar-refractivity contribution in [1.29, 1.82) is 0 Å². The lowest BCUT2D eigenvalue weighted by atomic mass is 10.1. The molecule has 2 aromatic rings. The van der Waals surface area contributed by atoms with Gasteiger partial charge in [-0.15, -0.1) is 0 Å². The first-order valence-corrected chi connectivity index (χ1v) is 6.70. The van der Waals surface area contributed by atoms with Crippen LogP contribution in [0.5, 0.6) is 5.75 Å². The van der Waals surface area contributed by atoms with E-state index in [1.54, 1.807) is 30.3 Å². The minimum absolute atomic E-state index is 0.225. The normalized spacial score (nSPS) is 12.2. The smallest absolute Gasteiger partial charge is 0.120 e. The molecule has 0 aliphatic heterocycles. The van der Waals surface area contributed by atoms with Crippen LogP contribution >= 0.6 is 23.2 Å². The lowest BCUT2D eigenvalue weighted by Gasteiger charge is -2.12. The van der Waals surface area contributed by atoms with Gasteiger partial charge in [-0.05, 0) is 35.9 Å². The van der Waals surface area contributed by atoms with Crippen molar-refractivity contribution in [3.63, 3.8) is 0 Å². The molecule has 2 nitrogen and oxygen atoms in total. The first kappa shape index (κ1) is 14.2. The maximum absolute atomic E-state index is 9.91. The van der Waals surface area contributed by atoms with Gasteiger partial charge in [0.05, 0.1) is 6.10 Å². The van der Waals surface area contributed by atoms with E-state index in [0.717, 1.165) is 5.56 Å². The number of aliphatic hydroxyl groups is 1. The summed E-state index contributed by atoms with van der Waals surface area (Å²) in [4.78, 5) is 0. The van der Waals surface area contributed by atoms with Gasteiger partial charge in [-0.2, -0.15) is 0 Å². The van der Waals surface area contributed by atoms with Crippen molar-refractivity contribution < 1.29 is 9.84 Å². The zero-order chi connectivity index (χ0) is 13.7. The fourth-order valence-corrected chi connectivity index (χ4v) is 2.01. The Bertz CT molecular complexity index is 526. The Morgan fingerprint density at radius 2 is 1.74 bits per heavy atom. The predicted octanol–water partition coefficient (Wildman–Crippen LogP) is 3.98. The molecule has 1 unspecified atom stereocenters. The van der Waals surface area contributed by atoms with Crippen molar-refractivity contribution in [2.24, 2.45) is 0 Å². The van der Waals surface area contributed by atoms with E-state index in [4.69, 9.17) is 27.9 Å². The van der Waals surface area contributed by atoms with Crippen LogP contribution in [0.25, 0.3) is 0 Å². The third-order valence-electron chi connectivity index (χ3n) is 2.62. The highest BCUT2D eigenvalue weighted by Gasteiger charge is 2.07. The molecule has 0 aliphatic carbocycles. The summed E-state index contributed by atoms with van der Waals surface area (Å²) in [5, 5.41) is 11.2. The fourth-order valence-electron chi connectivity index (χ4n) is 1.70. The quantitative estimate of drug-likeness (QED) is 0.904. The highest BCUT2D eigenvalue weighted by atomic mass is 35.5. The summed E-state index contributed by atoms with van der Waals surface area (Å²) in [5.74, 6) is 0.655. The number of benzene rings is 2. The van der Waals surface area contributed by atoms with Crippen LogP contribution in [-0.2, 0) is 6.42 Å². The molecule has 1 N–H and O–H groups in total. The monoisotopic (exact) mass is 296 g/mol. The third-order valence-corrected chi connectivity index (χ3v) is 3.11. The minimum Gasteiger partial charge on any atom is -0.491 e. The van der Waals surface area contributed by atoms with E-state index in [2.05, 4.69) is 0 Å². The number of ether oxygens (including phenoxy) is 1. The second-order valence-corrected chi connectivity index (χ2v) is 5.13. The Hall–Kier alpha value is -1.22. The van der Waals surface area contributed by atoms with Gasteiger partial charge >= 0.3 is 0 Å². The molecule has 0 saturated carbocycles. The number of hydrogen-bond acceptors (Lipinski definition) is 2. The standard InChI is InChI=1S/C15H14Cl2O2/c16-12-6-4-11(5-7-12)8-14(18)10-19-15-3-1-2-13(17)9-15/h1-7,9,14,18H,8,10H2. The summed E-state index contributed by atoms with van der Waals surface area (Å²) in [6.07, 6.45) is -0.0438. The van der Waals surface area contributed by atoms with Crippen molar-refractivity contribution in [3.05, 3.63) is 64.1 Å². The number of halogens is 2. The van der Waals surface area contributed by atoms with E-state index in [0.29, 0.717) is 22.2 Å². The van der Waals surface area contributed by atoms with Gasteiger partial charge in [0, 0.05) is 16.5 Å². The van der Waals surface area contributed by atoms with Crippen LogP contribution < -0.4 is 4.74 Å². The van der Waals surface area contributed by atoms with Crippen LogP contribution in [0, 0.1) is 0 Å². The molecule has 4 heteroatoms. The molecule has 0 fully saturated rings. The van der Waals surface area contributed by atoms with Crippen LogP contribution in [-0.4, -0.2) is 17.8 Å². The van der Waals surface area contributed by atoms with Gasteiger partial charge in [-0.3, -0.25) is 0 Å². The van der Waals surface area contributed by atoms with Gasteiger partial charge in [-0.25, -0.2) is 0 Å². The Morgan fingerprint density at radius 1 is 1.00 bits per heavy atom. The maximum atomic E-state index is 9.91. The molecule has 0 heterocycles. The summed E-state index contributed by atoms with van der Waals surface area (Å²) in [6, 6.07) is 14.5. The lowest BCUT2D eigenvalue weighted by Crippen LogP contribution is -2.20. The second kappa shape index (κ2) is 6.80. The molecule has 1 atom stereocenters. The molecule has 19 heavy (non-hydrogen) atoms. The highest BCUT2D eigenvalue weighted by molar-refractivity contribution is 6.30. The molecule has 2 aromatic carbocycles. The van der Waals surface area contributed by atoms with Gasteiger partial charge in [0.15, 0.2) is 0 Å². The summed E-state index contributed by atoms with van der Waals surface area (Å²) in [5.41, 5.74) is 1.02. The Balaban J connectivity index is 1.84. The highest BCUT2D eigenvalue weighted by Crippen LogP contribution is 2.17. The van der Waals surface area contributed by atoms with Gasteiger partial charge in [0.25, 0.3) is 0 Å². The van der Waals surface area contributed by atoms with E-state index in [1.807, 2.05) is 18.2 Å². The van der Waals surface area contributed by atoms with Crippen LogP contribution in [0.1, 0.15) is 5.56 Å². The third kappa shape index (κ3) is 4.75. The van der Waals surface area contributed by atoms with E-state index in [9.17, 15) is 5.11 Å². The number of aliphatic hydroxyl groups excluding tert-OH is 1. The minimum atomic E-state index is -0.569. The first-order chi connectivity index (χ1) is 9.13. The number of hydrogen-bond donors (Lipinski definition) is 1. The molecule has 0 aliphatic rings. The van der Waals surface area contributed by atoms with Crippen LogP contribution in [0.4, 0.5) is 0 Å². The van der Waals surface area contributed by atoms with E-state index >= 15 is 0 Å². The fraction of sp³-hybridized carbons (Fsp3) is 0.200. The second-order valence-electron chi connectivity index (χ2n) is 4.25. The maximum Gasteiger partial charge on any atom is 0.120 e. The van der Waals surface area contributed by atoms with Crippen molar-refractivity contribution >= 4 is 23.2 Å². The summed E-state index contributed by atoms with van der Waals surface area (Å²) >= 11 is 11.7. The average Bonchev–Trinajstić information content (AvgIpc) is 2.39. The van der Waals surface area contributed by atoms with E-state index in [-0.39, 0.29) is 6.61 Å². The number of rotatable bonds is 5. The zero-order valence-corrected chi connectivity index (χ0v) is 11.7. The Labute approximate surface area is 122 Å². The van der Waals surface area contributed by atoms with Crippen LogP contribution in [0.3, 0.4) is 0 Å². The molecular weight excluding hydrogens is 283 g/mol. The molecule has 0 saturated heterocycles. The molecule has 0 bridgehead atoms. The molecule has 0 amide bonds. The summed E-state index contributed by atoms with van der Waals surface area (Å²) in [6.45, 7) is 0.225. The molecule has 0 aromatic heterocycles. The largest absolute Gasteiger partial charge is 0.491 e. The molecule has 100 valence electrons. The van der Waals surface area contributed by atoms with Crippen LogP contribution in [0.2, 0.25) is 10.0 Å². The van der Waals surface area contributed by atoms with Gasteiger partial charge in [0.1, 0.15) is 12.4 Å². The topological polar surface area (TPSA) is 29.5 Å². The molecular formula is C15H14Cl2O2. The van der Waals surface area contributed by atoms with Crippen molar-refractivity contribution in [1.82, 2.24) is 0 Å². The average molecular weight is 297 g/mol. The van der Waals surface area contributed by atoms with Gasteiger partial charge in [-0.1, -0.05) is 41.4 Å². The first-order valence-electron chi connectivity index (χ1n) is 5.94. The summed E-state index contributed by atoms with van der Waals surface area (Å²) in [7, 11) is 0. The Morgan fingerprint density at radius 3 is 2.42 bits per heavy atom. The zero-order valence-electron chi connectivity index (χ0n) is 10.2. The van der Waals surface area contributed by atoms with E-state index in [1.165, 1.54) is 0 Å². The predicted molar refractivity (Wildman–Crippen MR) is 78.1 cm³/mol. The van der Waals surface area contributed by atoms with E-state index < -0.39 is 6.10 Å². The molecule has 0 radical (unpaired) electrons. The molecule has 0 spiro atoms. The lowest BCUT2D eigenvalue weighted by molar-refractivity contribution is 0.108. The Kier molecular flexibility index (Phi) is 5.08. The van der Waals surface area contributed by atoms with Crippen molar-refractivity contribution in [2.75, 3.05) is 6.61 Å². The van der Waals surface area contributed by atoms with Gasteiger partial charge < -0.3 is 9.84 Å². The summed E-state index contributed by atoms with van der Waals surface area (Å²) < 4.78 is 5.48.